The van der Waals surface area contributed by atoms with Crippen molar-refractivity contribution in [3.8, 4) is 0 Å². The van der Waals surface area contributed by atoms with Crippen LogP contribution < -0.4 is 0 Å². The molecule has 82 valence electrons. The lowest BCUT2D eigenvalue weighted by Crippen LogP contribution is -2.03. The quantitative estimate of drug-likeness (QED) is 0.787. The smallest absolute Gasteiger partial charge is 0.271 e. The molecule has 0 atom stereocenters. The number of alkyl halides is 3. The molecule has 0 unspecified atom stereocenters. The number of aliphatic imine (C=N–C) groups is 1. The number of nitrogens with zero attached hydrogens (tertiary/aromatic N) is 3. The van der Waals surface area contributed by atoms with Gasteiger partial charge in [0, 0.05) is 5.75 Å². The van der Waals surface area contributed by atoms with E-state index >= 15 is 0 Å². The maximum atomic E-state index is 12.2. The zero-order valence-electron chi connectivity index (χ0n) is 7.11. The van der Waals surface area contributed by atoms with Crippen LogP contribution in [0.3, 0.4) is 0 Å². The van der Waals surface area contributed by atoms with Crippen molar-refractivity contribution in [2.24, 2.45) is 4.99 Å². The molecule has 0 spiro atoms. The molecule has 0 N–H and O–H groups in total. The summed E-state index contributed by atoms with van der Waals surface area (Å²) < 4.78 is 37.6. The largest absolute Gasteiger partial charge is 0.445 e. The average Bonchev–Trinajstić information content (AvgIpc) is 2.73. The molecular weight excluding hydrogens is 267 g/mol. The molecule has 0 aliphatic carbocycles. The average molecular weight is 271 g/mol. The van der Waals surface area contributed by atoms with E-state index in [4.69, 9.17) is 0 Å². The third-order valence-electron chi connectivity index (χ3n) is 1.38. The summed E-state index contributed by atoms with van der Waals surface area (Å²) in [6.45, 7) is 0.720. The highest BCUT2D eigenvalue weighted by Crippen LogP contribution is 2.36. The number of aromatic nitrogens is 2. The van der Waals surface area contributed by atoms with E-state index in [-0.39, 0.29) is 4.34 Å². The van der Waals surface area contributed by atoms with Crippen molar-refractivity contribution in [2.45, 2.75) is 10.5 Å². The first-order valence-electron chi connectivity index (χ1n) is 3.81. The Hall–Kier alpha value is -0.280. The first-order chi connectivity index (χ1) is 7.05. The molecule has 15 heavy (non-hydrogen) atoms. The minimum atomic E-state index is -4.40. The van der Waals surface area contributed by atoms with Gasteiger partial charge >= 0.3 is 6.18 Å². The zero-order valence-corrected chi connectivity index (χ0v) is 9.56. The summed E-state index contributed by atoms with van der Waals surface area (Å²) in [7, 11) is 0. The van der Waals surface area contributed by atoms with Crippen LogP contribution in [-0.2, 0) is 6.18 Å². The van der Waals surface area contributed by atoms with Crippen molar-refractivity contribution < 1.29 is 13.2 Å². The topological polar surface area (TPSA) is 38.1 Å². The lowest BCUT2D eigenvalue weighted by Gasteiger charge is -1.97. The van der Waals surface area contributed by atoms with Crippen LogP contribution in [0.1, 0.15) is 5.01 Å². The van der Waals surface area contributed by atoms with Crippen molar-refractivity contribution in [3.63, 3.8) is 0 Å². The van der Waals surface area contributed by atoms with Gasteiger partial charge in [0.15, 0.2) is 4.34 Å². The van der Waals surface area contributed by atoms with E-state index in [2.05, 4.69) is 15.2 Å². The SMILES string of the molecule is FC(F)(F)c1nnc(SC2=NCCS2)s1. The standard InChI is InChI=1S/C6H4F3N3S3/c7-6(8,9)3-11-12-5(14-3)15-4-10-1-2-13-4/h1-2H2. The van der Waals surface area contributed by atoms with Crippen molar-refractivity contribution in [1.29, 1.82) is 0 Å². The van der Waals surface area contributed by atoms with E-state index < -0.39 is 11.2 Å². The predicted molar refractivity (Wildman–Crippen MR) is 55.5 cm³/mol. The van der Waals surface area contributed by atoms with Crippen molar-refractivity contribution in [2.75, 3.05) is 12.3 Å². The zero-order chi connectivity index (χ0) is 10.9. The molecule has 0 bridgehead atoms. The van der Waals surface area contributed by atoms with Gasteiger partial charge < -0.3 is 0 Å². The maximum Gasteiger partial charge on any atom is 0.445 e. The van der Waals surface area contributed by atoms with Gasteiger partial charge in [0.1, 0.15) is 4.38 Å². The van der Waals surface area contributed by atoms with Crippen LogP contribution in [0.2, 0.25) is 0 Å². The Morgan fingerprint density at radius 3 is 2.60 bits per heavy atom. The molecule has 0 aromatic carbocycles. The molecule has 0 amide bonds. The van der Waals surface area contributed by atoms with Crippen LogP contribution in [0.25, 0.3) is 0 Å². The second-order valence-corrected chi connectivity index (χ2v) is 6.02. The third kappa shape index (κ3) is 2.85. The fraction of sp³-hybridized carbons (Fsp3) is 0.500. The van der Waals surface area contributed by atoms with Crippen LogP contribution in [0.15, 0.2) is 9.33 Å². The Bertz CT molecular complexity index is 386. The Morgan fingerprint density at radius 1 is 1.27 bits per heavy atom. The first kappa shape index (κ1) is 11.2. The number of hydrogen-bond donors (Lipinski definition) is 0. The summed E-state index contributed by atoms with van der Waals surface area (Å²) in [5, 5.41) is 5.64. The lowest BCUT2D eigenvalue weighted by atomic mass is 10.7. The molecule has 1 aliphatic rings. The molecule has 2 rings (SSSR count). The lowest BCUT2D eigenvalue weighted by molar-refractivity contribution is -0.138. The molecule has 1 aliphatic heterocycles. The highest BCUT2D eigenvalue weighted by atomic mass is 32.2. The van der Waals surface area contributed by atoms with Gasteiger partial charge in [-0.3, -0.25) is 4.99 Å². The second-order valence-electron chi connectivity index (χ2n) is 2.47. The summed E-state index contributed by atoms with van der Waals surface area (Å²) in [5.74, 6) is 0.882. The summed E-state index contributed by atoms with van der Waals surface area (Å²) in [6, 6.07) is 0. The molecule has 9 heteroatoms. The van der Waals surface area contributed by atoms with E-state index in [0.717, 1.165) is 28.4 Å². The molecule has 1 aromatic heterocycles. The van der Waals surface area contributed by atoms with Gasteiger partial charge in [0.05, 0.1) is 6.54 Å². The second kappa shape index (κ2) is 4.30. The number of thioether (sulfide) groups is 2. The molecule has 0 radical (unpaired) electrons. The number of hydrogen-bond acceptors (Lipinski definition) is 6. The van der Waals surface area contributed by atoms with Crippen molar-refractivity contribution in [3.05, 3.63) is 5.01 Å². The summed E-state index contributed by atoms with van der Waals surface area (Å²) in [5.41, 5.74) is 0. The predicted octanol–water partition coefficient (Wildman–Crippen LogP) is 2.75. The van der Waals surface area contributed by atoms with Crippen LogP contribution in [-0.4, -0.2) is 26.9 Å². The Balaban J connectivity index is 2.07. The monoisotopic (exact) mass is 271 g/mol. The van der Waals surface area contributed by atoms with Crippen LogP contribution in [0, 0.1) is 0 Å². The highest BCUT2D eigenvalue weighted by Gasteiger charge is 2.35. The van der Waals surface area contributed by atoms with Gasteiger partial charge in [0.2, 0.25) is 5.01 Å². The summed E-state index contributed by atoms with van der Waals surface area (Å²) >= 11 is 3.22. The third-order valence-corrected chi connectivity index (χ3v) is 4.57. The van der Waals surface area contributed by atoms with Crippen LogP contribution >= 0.6 is 34.9 Å². The van der Waals surface area contributed by atoms with Crippen LogP contribution in [0.5, 0.6) is 0 Å². The summed E-state index contributed by atoms with van der Waals surface area (Å²) in [4.78, 5) is 4.10. The minimum Gasteiger partial charge on any atom is -0.271 e. The van der Waals surface area contributed by atoms with Gasteiger partial charge in [-0.2, -0.15) is 13.2 Å². The van der Waals surface area contributed by atoms with Gasteiger partial charge in [-0.25, -0.2) is 0 Å². The van der Waals surface area contributed by atoms with E-state index in [1.165, 1.54) is 11.8 Å². The van der Waals surface area contributed by atoms with Gasteiger partial charge in [0.25, 0.3) is 0 Å². The molecule has 2 heterocycles. The van der Waals surface area contributed by atoms with Gasteiger partial charge in [-0.15, -0.1) is 10.2 Å². The van der Waals surface area contributed by atoms with E-state index in [0.29, 0.717) is 11.3 Å². The van der Waals surface area contributed by atoms with Crippen molar-refractivity contribution in [1.82, 2.24) is 10.2 Å². The highest BCUT2D eigenvalue weighted by molar-refractivity contribution is 8.39. The molecule has 0 fully saturated rings. The van der Waals surface area contributed by atoms with Gasteiger partial charge in [-0.1, -0.05) is 23.1 Å². The molecular formula is C6H4F3N3S3. The Labute approximate surface area is 95.6 Å². The normalized spacial score (nSPS) is 16.9. The molecule has 0 saturated heterocycles. The first-order valence-corrected chi connectivity index (χ1v) is 6.43. The molecule has 0 saturated carbocycles. The fourth-order valence-corrected chi connectivity index (χ4v) is 3.71. The fourth-order valence-electron chi connectivity index (χ4n) is 0.818. The maximum absolute atomic E-state index is 12.2. The van der Waals surface area contributed by atoms with Crippen molar-refractivity contribution >= 4 is 39.2 Å². The van der Waals surface area contributed by atoms with E-state index in [9.17, 15) is 13.2 Å². The molecule has 3 nitrogen and oxygen atoms in total. The number of rotatable bonds is 1. The van der Waals surface area contributed by atoms with Gasteiger partial charge in [-0.05, 0) is 11.8 Å². The minimum absolute atomic E-state index is 0.287. The Morgan fingerprint density at radius 2 is 2.07 bits per heavy atom. The van der Waals surface area contributed by atoms with E-state index in [1.807, 2.05) is 0 Å². The molecule has 1 aromatic rings. The van der Waals surface area contributed by atoms with E-state index in [1.54, 1.807) is 0 Å². The van der Waals surface area contributed by atoms with Crippen LogP contribution in [0.4, 0.5) is 13.2 Å². The Kier molecular flexibility index (Phi) is 3.21. The number of halogens is 3. The summed E-state index contributed by atoms with van der Waals surface area (Å²) in [6.07, 6.45) is -4.40.